The van der Waals surface area contributed by atoms with Gasteiger partial charge in [0.1, 0.15) is 12.0 Å². The summed E-state index contributed by atoms with van der Waals surface area (Å²) in [5, 5.41) is 5.69. The minimum Gasteiger partial charge on any atom is -0.376 e. The molecule has 1 unspecified atom stereocenters. The third-order valence-electron chi connectivity index (χ3n) is 4.73. The molecular weight excluding hydrogens is 376 g/mol. The first-order valence-electron chi connectivity index (χ1n) is 9.11. The average molecular weight is 394 g/mol. The molecule has 1 saturated heterocycles. The molecule has 5 rings (SSSR count). The number of fused-ring (bicyclic) bond motifs is 1. The molecule has 0 aromatic carbocycles. The molecular formula is C19H18N6O2S. The molecule has 0 aliphatic carbocycles. The maximum absolute atomic E-state index is 12.8. The number of amides is 1. The highest BCUT2D eigenvalue weighted by atomic mass is 32.1. The number of carbonyl (C=O) groups excluding carboxylic acids is 1. The zero-order valence-electron chi connectivity index (χ0n) is 15.0. The molecule has 1 aliphatic heterocycles. The van der Waals surface area contributed by atoms with Crippen LogP contribution in [-0.2, 0) is 4.74 Å². The number of thiazole rings is 1. The highest BCUT2D eigenvalue weighted by molar-refractivity contribution is 7.12. The largest absolute Gasteiger partial charge is 0.376 e. The Balaban J connectivity index is 1.47. The zero-order chi connectivity index (χ0) is 18.9. The van der Waals surface area contributed by atoms with Gasteiger partial charge in [0.15, 0.2) is 16.6 Å². The fourth-order valence-electron chi connectivity index (χ4n) is 3.37. The number of rotatable bonds is 5. The van der Waals surface area contributed by atoms with E-state index in [1.165, 1.54) is 11.3 Å². The van der Waals surface area contributed by atoms with E-state index in [9.17, 15) is 4.79 Å². The Morgan fingerprint density at radius 2 is 2.32 bits per heavy atom. The number of nitrogens with one attached hydrogen (secondary N) is 1. The lowest BCUT2D eigenvalue weighted by Gasteiger charge is -2.09. The smallest absolute Gasteiger partial charge is 0.272 e. The fourth-order valence-corrected chi connectivity index (χ4v) is 3.95. The second-order valence-electron chi connectivity index (χ2n) is 6.57. The van der Waals surface area contributed by atoms with Crippen molar-refractivity contribution in [3.63, 3.8) is 0 Å². The van der Waals surface area contributed by atoms with Crippen molar-refractivity contribution < 1.29 is 9.53 Å². The maximum atomic E-state index is 12.8. The van der Waals surface area contributed by atoms with Crippen LogP contribution in [0.2, 0.25) is 0 Å². The van der Waals surface area contributed by atoms with Gasteiger partial charge in [0.2, 0.25) is 0 Å². The summed E-state index contributed by atoms with van der Waals surface area (Å²) in [4.78, 5) is 26.2. The molecule has 8 nitrogen and oxygen atoms in total. The van der Waals surface area contributed by atoms with Crippen molar-refractivity contribution in [2.75, 3.05) is 13.2 Å². The van der Waals surface area contributed by atoms with Gasteiger partial charge in [-0.1, -0.05) is 6.07 Å². The molecule has 4 aromatic rings. The summed E-state index contributed by atoms with van der Waals surface area (Å²) >= 11 is 1.53. The second-order valence-corrected chi connectivity index (χ2v) is 7.44. The average Bonchev–Trinajstić information content (AvgIpc) is 3.52. The number of imidazole rings is 2. The van der Waals surface area contributed by atoms with Gasteiger partial charge in [-0.2, -0.15) is 0 Å². The third kappa shape index (κ3) is 3.08. The second kappa shape index (κ2) is 7.17. The van der Waals surface area contributed by atoms with Crippen molar-refractivity contribution in [1.82, 2.24) is 29.2 Å². The van der Waals surface area contributed by atoms with Crippen molar-refractivity contribution in [2.24, 2.45) is 0 Å². The minimum absolute atomic E-state index is 0.0892. The van der Waals surface area contributed by atoms with Crippen molar-refractivity contribution >= 4 is 22.8 Å². The first-order valence-corrected chi connectivity index (χ1v) is 9.98. The number of pyridine rings is 1. The van der Waals surface area contributed by atoms with Crippen LogP contribution in [-0.4, -0.2) is 49.1 Å². The molecule has 1 N–H and O–H groups in total. The van der Waals surface area contributed by atoms with Crippen LogP contribution in [0.25, 0.3) is 22.2 Å². The van der Waals surface area contributed by atoms with Gasteiger partial charge >= 0.3 is 0 Å². The molecule has 0 spiro atoms. The Morgan fingerprint density at radius 3 is 3.14 bits per heavy atom. The first kappa shape index (κ1) is 17.1. The van der Waals surface area contributed by atoms with Gasteiger partial charge in [-0.15, -0.1) is 11.3 Å². The van der Waals surface area contributed by atoms with E-state index < -0.39 is 0 Å². The van der Waals surface area contributed by atoms with Gasteiger partial charge < -0.3 is 10.1 Å². The summed E-state index contributed by atoms with van der Waals surface area (Å²) in [6.45, 7) is 1.26. The molecule has 28 heavy (non-hydrogen) atoms. The Bertz CT molecular complexity index is 1110. The van der Waals surface area contributed by atoms with Crippen LogP contribution in [0.3, 0.4) is 0 Å². The lowest BCUT2D eigenvalue weighted by atomic mass is 10.2. The standard InChI is InChI=1S/C19H18N6O2S/c26-18(21-10-13-4-3-8-27-13)16-15-5-1-2-7-25(15)17(23-16)14-11-24(12-22-14)19-20-6-9-28-19/h1-2,5-7,9,11-13H,3-4,8,10H2,(H,21,26). The predicted octanol–water partition coefficient (Wildman–Crippen LogP) is 2.55. The summed E-state index contributed by atoms with van der Waals surface area (Å²) in [7, 11) is 0. The number of ether oxygens (including phenoxy) is 1. The van der Waals surface area contributed by atoms with E-state index in [1.807, 2.05) is 44.9 Å². The molecule has 0 saturated carbocycles. The van der Waals surface area contributed by atoms with Crippen LogP contribution >= 0.6 is 11.3 Å². The highest BCUT2D eigenvalue weighted by Crippen LogP contribution is 2.23. The maximum Gasteiger partial charge on any atom is 0.272 e. The van der Waals surface area contributed by atoms with Crippen LogP contribution in [0.15, 0.2) is 48.5 Å². The molecule has 4 aromatic heterocycles. The molecule has 0 radical (unpaired) electrons. The van der Waals surface area contributed by atoms with E-state index in [4.69, 9.17) is 4.74 Å². The Kier molecular flexibility index (Phi) is 4.38. The quantitative estimate of drug-likeness (QED) is 0.562. The monoisotopic (exact) mass is 394 g/mol. The van der Waals surface area contributed by atoms with Gasteiger partial charge in [0, 0.05) is 37.1 Å². The van der Waals surface area contributed by atoms with E-state index in [-0.39, 0.29) is 12.0 Å². The summed E-state index contributed by atoms with van der Waals surface area (Å²) in [5.74, 6) is 0.415. The Hall–Kier alpha value is -3.04. The van der Waals surface area contributed by atoms with E-state index in [0.717, 1.165) is 30.1 Å². The van der Waals surface area contributed by atoms with Gasteiger partial charge in [-0.25, -0.2) is 15.0 Å². The normalized spacial score (nSPS) is 16.6. The van der Waals surface area contributed by atoms with E-state index in [0.29, 0.717) is 23.8 Å². The van der Waals surface area contributed by atoms with Gasteiger partial charge in [-0.3, -0.25) is 13.8 Å². The van der Waals surface area contributed by atoms with Crippen molar-refractivity contribution in [2.45, 2.75) is 18.9 Å². The predicted molar refractivity (Wildman–Crippen MR) is 105 cm³/mol. The van der Waals surface area contributed by atoms with Crippen LogP contribution in [0.4, 0.5) is 0 Å². The van der Waals surface area contributed by atoms with Crippen LogP contribution in [0.1, 0.15) is 23.3 Å². The summed E-state index contributed by atoms with van der Waals surface area (Å²) in [5.41, 5.74) is 1.80. The van der Waals surface area contributed by atoms with Crippen LogP contribution in [0, 0.1) is 0 Å². The lowest BCUT2D eigenvalue weighted by Crippen LogP contribution is -2.32. The molecule has 1 aliphatic rings. The van der Waals surface area contributed by atoms with Crippen molar-refractivity contribution in [3.05, 3.63) is 54.2 Å². The van der Waals surface area contributed by atoms with Gasteiger partial charge in [-0.05, 0) is 25.0 Å². The molecule has 5 heterocycles. The van der Waals surface area contributed by atoms with E-state index >= 15 is 0 Å². The van der Waals surface area contributed by atoms with Crippen LogP contribution < -0.4 is 5.32 Å². The first-order chi connectivity index (χ1) is 13.8. The molecule has 0 bridgehead atoms. The van der Waals surface area contributed by atoms with Gasteiger partial charge in [0.05, 0.1) is 11.6 Å². The van der Waals surface area contributed by atoms with Crippen molar-refractivity contribution in [1.29, 1.82) is 0 Å². The fraction of sp³-hybridized carbons (Fsp3) is 0.263. The third-order valence-corrected chi connectivity index (χ3v) is 5.51. The Labute approximate surface area is 164 Å². The molecule has 1 amide bonds. The van der Waals surface area contributed by atoms with E-state index in [2.05, 4.69) is 20.3 Å². The molecule has 9 heteroatoms. The molecule has 142 valence electrons. The highest BCUT2D eigenvalue weighted by Gasteiger charge is 2.22. The topological polar surface area (TPSA) is 86.3 Å². The van der Waals surface area contributed by atoms with Gasteiger partial charge in [0.25, 0.3) is 5.91 Å². The van der Waals surface area contributed by atoms with Crippen LogP contribution in [0.5, 0.6) is 0 Å². The van der Waals surface area contributed by atoms with Crippen molar-refractivity contribution in [3.8, 4) is 16.6 Å². The zero-order valence-corrected chi connectivity index (χ0v) is 15.8. The van der Waals surface area contributed by atoms with E-state index in [1.54, 1.807) is 12.5 Å². The molecule has 1 fully saturated rings. The summed E-state index contributed by atoms with van der Waals surface area (Å²) in [6.07, 6.45) is 9.32. The molecule has 1 atom stereocenters. The number of carbonyl (C=O) groups is 1. The number of hydrogen-bond acceptors (Lipinski definition) is 6. The summed E-state index contributed by atoms with van der Waals surface area (Å²) < 4.78 is 9.31. The number of aromatic nitrogens is 5. The lowest BCUT2D eigenvalue weighted by molar-refractivity contribution is 0.0855. The SMILES string of the molecule is O=C(NCC1CCCO1)c1nc(-c2cn(-c3nccs3)cn2)n2ccccc12. The minimum atomic E-state index is -0.204. The number of nitrogens with zero attached hydrogens (tertiary/aromatic N) is 5. The Morgan fingerprint density at radius 1 is 1.36 bits per heavy atom. The number of hydrogen-bond donors (Lipinski definition) is 1. The summed E-state index contributed by atoms with van der Waals surface area (Å²) in [6, 6.07) is 5.69.